The highest BCUT2D eigenvalue weighted by Gasteiger charge is 2.37. The molecule has 3 aromatic rings. The van der Waals surface area contributed by atoms with Gasteiger partial charge in [-0.3, -0.25) is 4.79 Å². The molecular weight excluding hydrogens is 474 g/mol. The zero-order valence-corrected chi connectivity index (χ0v) is 19.4. The Labute approximate surface area is 199 Å². The van der Waals surface area contributed by atoms with Gasteiger partial charge in [-0.2, -0.15) is 26.3 Å². The molecule has 0 unspecified atom stereocenters. The lowest BCUT2D eigenvalue weighted by atomic mass is 10.1. The summed E-state index contributed by atoms with van der Waals surface area (Å²) in [5.74, 6) is -1.01. The van der Waals surface area contributed by atoms with Crippen LogP contribution in [0, 0.1) is 0 Å². The molecule has 188 valence electrons. The van der Waals surface area contributed by atoms with E-state index in [2.05, 4.69) is 5.32 Å². The minimum Gasteiger partial charge on any atom is -0.457 e. The standard InChI is InChI=1S/C23H18F6N2O2.C2H6/c1-31(2)20-6-4-3-5-19(20)21(32)30-16-7-9-17(10-8-16)33-18-12-14(22(24,25)26)11-15(13-18)23(27,28)29;1-2/h3-13H,1-2H3,(H,30,32);1-2H3. The van der Waals surface area contributed by atoms with E-state index in [0.717, 1.165) is 0 Å². The monoisotopic (exact) mass is 498 g/mol. The van der Waals surface area contributed by atoms with Crippen LogP contribution in [-0.4, -0.2) is 20.0 Å². The summed E-state index contributed by atoms with van der Waals surface area (Å²) in [6.45, 7) is 4.00. The van der Waals surface area contributed by atoms with E-state index in [1.54, 1.807) is 43.3 Å². The van der Waals surface area contributed by atoms with Crippen LogP contribution in [0.15, 0.2) is 66.7 Å². The maximum atomic E-state index is 13.0. The molecule has 0 saturated heterocycles. The number of anilines is 2. The Balaban J connectivity index is 0.00000210. The molecule has 1 amide bonds. The second kappa shape index (κ2) is 11.2. The van der Waals surface area contributed by atoms with Gasteiger partial charge in [0, 0.05) is 25.5 Å². The number of carbonyl (C=O) groups is 1. The topological polar surface area (TPSA) is 41.6 Å². The van der Waals surface area contributed by atoms with Crippen LogP contribution >= 0.6 is 0 Å². The summed E-state index contributed by atoms with van der Waals surface area (Å²) in [5.41, 5.74) is -1.47. The van der Waals surface area contributed by atoms with Crippen LogP contribution in [-0.2, 0) is 12.4 Å². The van der Waals surface area contributed by atoms with Crippen molar-refractivity contribution in [3.8, 4) is 11.5 Å². The Morgan fingerprint density at radius 3 is 1.77 bits per heavy atom. The average Bonchev–Trinajstić information content (AvgIpc) is 2.80. The first-order valence-corrected chi connectivity index (χ1v) is 10.5. The summed E-state index contributed by atoms with van der Waals surface area (Å²) in [4.78, 5) is 14.4. The van der Waals surface area contributed by atoms with E-state index in [1.165, 1.54) is 24.3 Å². The van der Waals surface area contributed by atoms with E-state index in [4.69, 9.17) is 4.74 Å². The van der Waals surface area contributed by atoms with Crippen LogP contribution in [0.3, 0.4) is 0 Å². The molecule has 3 rings (SSSR count). The number of amides is 1. The number of carbonyl (C=O) groups excluding carboxylic acids is 1. The molecule has 35 heavy (non-hydrogen) atoms. The predicted octanol–water partition coefficient (Wildman–Crippen LogP) is 7.86. The van der Waals surface area contributed by atoms with Crippen LogP contribution in [0.2, 0.25) is 0 Å². The molecule has 4 nitrogen and oxygen atoms in total. The molecule has 10 heteroatoms. The molecule has 0 saturated carbocycles. The summed E-state index contributed by atoms with van der Waals surface area (Å²) in [6, 6.07) is 13.4. The fourth-order valence-corrected chi connectivity index (χ4v) is 2.98. The van der Waals surface area contributed by atoms with Crippen LogP contribution in [0.4, 0.5) is 37.7 Å². The Morgan fingerprint density at radius 2 is 1.29 bits per heavy atom. The first-order valence-electron chi connectivity index (χ1n) is 10.5. The van der Waals surface area contributed by atoms with E-state index in [1.807, 2.05) is 13.8 Å². The van der Waals surface area contributed by atoms with E-state index >= 15 is 0 Å². The fraction of sp³-hybridized carbons (Fsp3) is 0.240. The largest absolute Gasteiger partial charge is 0.457 e. The van der Waals surface area contributed by atoms with Gasteiger partial charge in [0.25, 0.3) is 5.91 Å². The van der Waals surface area contributed by atoms with Gasteiger partial charge in [-0.25, -0.2) is 0 Å². The lowest BCUT2D eigenvalue weighted by Crippen LogP contribution is -2.18. The number of nitrogens with one attached hydrogen (secondary N) is 1. The second-order valence-electron chi connectivity index (χ2n) is 7.23. The average molecular weight is 498 g/mol. The zero-order valence-electron chi connectivity index (χ0n) is 19.4. The first-order chi connectivity index (χ1) is 16.3. The molecule has 0 fully saturated rings. The molecule has 3 aromatic carbocycles. The molecule has 0 aliphatic heterocycles. The Hall–Kier alpha value is -3.69. The van der Waals surface area contributed by atoms with Crippen molar-refractivity contribution in [2.45, 2.75) is 26.2 Å². The van der Waals surface area contributed by atoms with Gasteiger partial charge in [-0.15, -0.1) is 0 Å². The van der Waals surface area contributed by atoms with E-state index in [0.29, 0.717) is 29.1 Å². The summed E-state index contributed by atoms with van der Waals surface area (Å²) >= 11 is 0. The third-order valence-corrected chi connectivity index (χ3v) is 4.54. The molecular formula is C25H24F6N2O2. The smallest absolute Gasteiger partial charge is 0.416 e. The molecule has 0 aliphatic carbocycles. The van der Waals surface area contributed by atoms with Gasteiger partial charge in [-0.1, -0.05) is 26.0 Å². The summed E-state index contributed by atoms with van der Waals surface area (Å²) in [7, 11) is 3.58. The van der Waals surface area contributed by atoms with Crippen LogP contribution < -0.4 is 15.0 Å². The van der Waals surface area contributed by atoms with Crippen LogP contribution in [0.1, 0.15) is 35.3 Å². The minimum absolute atomic E-state index is 0.00543. The Bertz CT molecular complexity index is 1110. The number of nitrogens with zero attached hydrogens (tertiary/aromatic N) is 1. The highest BCUT2D eigenvalue weighted by Crippen LogP contribution is 2.39. The van der Waals surface area contributed by atoms with Crippen molar-refractivity contribution in [1.29, 1.82) is 0 Å². The van der Waals surface area contributed by atoms with Crippen molar-refractivity contribution >= 4 is 17.3 Å². The lowest BCUT2D eigenvalue weighted by molar-refractivity contribution is -0.143. The minimum atomic E-state index is -4.98. The van der Waals surface area contributed by atoms with Crippen molar-refractivity contribution in [3.63, 3.8) is 0 Å². The summed E-state index contributed by atoms with van der Waals surface area (Å²) in [5, 5.41) is 2.68. The van der Waals surface area contributed by atoms with Crippen molar-refractivity contribution in [1.82, 2.24) is 0 Å². The molecule has 0 atom stereocenters. The highest BCUT2D eigenvalue weighted by atomic mass is 19.4. The van der Waals surface area contributed by atoms with Gasteiger partial charge in [0.05, 0.1) is 16.7 Å². The van der Waals surface area contributed by atoms with Crippen molar-refractivity contribution < 1.29 is 35.9 Å². The summed E-state index contributed by atoms with van der Waals surface area (Å²) < 4.78 is 83.2. The Kier molecular flexibility index (Phi) is 8.78. The number of alkyl halides is 6. The normalized spacial score (nSPS) is 11.3. The van der Waals surface area contributed by atoms with Crippen LogP contribution in [0.25, 0.3) is 0 Å². The van der Waals surface area contributed by atoms with Gasteiger partial charge < -0.3 is 15.0 Å². The SMILES string of the molecule is CC.CN(C)c1ccccc1C(=O)Nc1ccc(Oc2cc(C(F)(F)F)cc(C(F)(F)F)c2)cc1. The zero-order chi connectivity index (χ0) is 26.4. The van der Waals surface area contributed by atoms with Gasteiger partial charge >= 0.3 is 12.4 Å². The maximum absolute atomic E-state index is 13.0. The quantitative estimate of drug-likeness (QED) is 0.364. The Morgan fingerprint density at radius 1 is 0.771 bits per heavy atom. The predicted molar refractivity (Wildman–Crippen MR) is 123 cm³/mol. The fourth-order valence-electron chi connectivity index (χ4n) is 2.98. The molecule has 0 aromatic heterocycles. The maximum Gasteiger partial charge on any atom is 0.416 e. The van der Waals surface area contributed by atoms with E-state index in [-0.39, 0.29) is 17.7 Å². The number of halogens is 6. The van der Waals surface area contributed by atoms with Gasteiger partial charge in [0.2, 0.25) is 0 Å². The molecule has 0 heterocycles. The van der Waals surface area contributed by atoms with Crippen molar-refractivity contribution in [2.75, 3.05) is 24.3 Å². The third-order valence-electron chi connectivity index (χ3n) is 4.54. The van der Waals surface area contributed by atoms with Crippen LogP contribution in [0.5, 0.6) is 11.5 Å². The number of hydrogen-bond donors (Lipinski definition) is 1. The first kappa shape index (κ1) is 27.6. The van der Waals surface area contributed by atoms with Crippen molar-refractivity contribution in [2.24, 2.45) is 0 Å². The molecule has 0 radical (unpaired) electrons. The van der Waals surface area contributed by atoms with Crippen molar-refractivity contribution in [3.05, 3.63) is 83.4 Å². The van der Waals surface area contributed by atoms with Gasteiger partial charge in [0.15, 0.2) is 0 Å². The number of hydrogen-bond acceptors (Lipinski definition) is 3. The summed E-state index contributed by atoms with van der Waals surface area (Å²) in [6.07, 6.45) is -9.95. The highest BCUT2D eigenvalue weighted by molar-refractivity contribution is 6.08. The lowest BCUT2D eigenvalue weighted by Gasteiger charge is -2.17. The number of para-hydroxylation sites is 1. The van der Waals surface area contributed by atoms with E-state index < -0.39 is 29.2 Å². The van der Waals surface area contributed by atoms with Gasteiger partial charge in [-0.05, 0) is 54.6 Å². The third kappa shape index (κ3) is 7.40. The molecule has 0 spiro atoms. The molecule has 0 aliphatic rings. The molecule has 1 N–H and O–H groups in total. The second-order valence-corrected chi connectivity index (χ2v) is 7.23. The number of rotatable bonds is 5. The van der Waals surface area contributed by atoms with E-state index in [9.17, 15) is 31.1 Å². The number of ether oxygens (including phenoxy) is 1. The van der Waals surface area contributed by atoms with Gasteiger partial charge in [0.1, 0.15) is 11.5 Å². The number of benzene rings is 3. The molecule has 0 bridgehead atoms.